The van der Waals surface area contributed by atoms with Crippen LogP contribution in [-0.2, 0) is 9.53 Å². The van der Waals surface area contributed by atoms with E-state index in [9.17, 15) is 9.59 Å². The first-order valence-electron chi connectivity index (χ1n) is 6.24. The molecule has 2 N–H and O–H groups in total. The van der Waals surface area contributed by atoms with Gasteiger partial charge >= 0.3 is 12.0 Å². The summed E-state index contributed by atoms with van der Waals surface area (Å²) in [7, 11) is 1.32. The lowest BCUT2D eigenvalue weighted by atomic mass is 9.89. The second-order valence-electron chi connectivity index (χ2n) is 4.94. The van der Waals surface area contributed by atoms with Gasteiger partial charge in [0.05, 0.1) is 6.54 Å². The Morgan fingerprint density at radius 2 is 2.11 bits per heavy atom. The molecule has 1 aliphatic rings. The number of methoxy groups -OCH3 is 1. The summed E-state index contributed by atoms with van der Waals surface area (Å²) in [6.07, 6.45) is -0.00333. The Balaban J connectivity index is 2.39. The van der Waals surface area contributed by atoms with E-state index in [1.807, 2.05) is 0 Å². The van der Waals surface area contributed by atoms with Crippen molar-refractivity contribution in [2.24, 2.45) is 11.8 Å². The molecule has 0 saturated carbocycles. The number of hydrogen-bond donors (Lipinski definition) is 2. The molecule has 6 heteroatoms. The summed E-state index contributed by atoms with van der Waals surface area (Å²) in [6, 6.07) is -0.211. The average Bonchev–Trinajstić information content (AvgIpc) is 2.32. The second-order valence-corrected chi connectivity index (χ2v) is 4.94. The van der Waals surface area contributed by atoms with Crippen LogP contribution in [0.1, 0.15) is 20.3 Å². The fourth-order valence-corrected chi connectivity index (χ4v) is 2.01. The highest BCUT2D eigenvalue weighted by Gasteiger charge is 2.26. The fraction of sp³-hybridized carbons (Fsp3) is 0.833. The van der Waals surface area contributed by atoms with Gasteiger partial charge in [-0.3, -0.25) is 0 Å². The first kappa shape index (κ1) is 14.8. The lowest BCUT2D eigenvalue weighted by molar-refractivity contribution is -0.148. The van der Waals surface area contributed by atoms with Gasteiger partial charge in [0.25, 0.3) is 0 Å². The third-order valence-corrected chi connectivity index (χ3v) is 3.62. The largest absolute Gasteiger partial charge is 0.479 e. The summed E-state index contributed by atoms with van der Waals surface area (Å²) in [5, 5.41) is 11.4. The van der Waals surface area contributed by atoms with Crippen LogP contribution in [0.25, 0.3) is 0 Å². The average molecular weight is 258 g/mol. The number of piperidine rings is 1. The fourth-order valence-electron chi connectivity index (χ4n) is 2.01. The van der Waals surface area contributed by atoms with E-state index in [2.05, 4.69) is 19.2 Å². The number of ether oxygens (including phenoxy) is 1. The topological polar surface area (TPSA) is 78.9 Å². The maximum Gasteiger partial charge on any atom is 0.334 e. The zero-order valence-electron chi connectivity index (χ0n) is 11.2. The number of carboxylic acid groups (broad SMARTS) is 1. The summed E-state index contributed by atoms with van der Waals surface area (Å²) in [4.78, 5) is 24.3. The molecule has 0 radical (unpaired) electrons. The number of likely N-dealkylation sites (tertiary alicyclic amines) is 1. The molecule has 1 fully saturated rings. The predicted octanol–water partition coefficient (Wildman–Crippen LogP) is 0.773. The summed E-state index contributed by atoms with van der Waals surface area (Å²) >= 11 is 0. The number of nitrogens with zero attached hydrogens (tertiary/aromatic N) is 1. The van der Waals surface area contributed by atoms with Gasteiger partial charge < -0.3 is 20.1 Å². The summed E-state index contributed by atoms with van der Waals surface area (Å²) < 4.78 is 4.75. The van der Waals surface area contributed by atoms with Crippen LogP contribution in [-0.4, -0.2) is 54.9 Å². The van der Waals surface area contributed by atoms with Gasteiger partial charge in [0.15, 0.2) is 6.10 Å². The highest BCUT2D eigenvalue weighted by Crippen LogP contribution is 2.22. The Bertz CT molecular complexity index is 308. The van der Waals surface area contributed by atoms with Crippen molar-refractivity contribution in [3.8, 4) is 0 Å². The van der Waals surface area contributed by atoms with Gasteiger partial charge in [-0.1, -0.05) is 13.8 Å². The Hall–Kier alpha value is -1.30. The van der Waals surface area contributed by atoms with Crippen LogP contribution in [0.2, 0.25) is 0 Å². The highest BCUT2D eigenvalue weighted by atomic mass is 16.5. The lowest BCUT2D eigenvalue weighted by Gasteiger charge is -2.35. The first-order valence-corrected chi connectivity index (χ1v) is 6.24. The maximum atomic E-state index is 11.9. The molecule has 104 valence electrons. The molecule has 0 bridgehead atoms. The molecule has 1 heterocycles. The minimum absolute atomic E-state index is 0.00883. The number of carbonyl (C=O) groups is 2. The van der Waals surface area contributed by atoms with Crippen molar-refractivity contribution in [2.75, 3.05) is 26.7 Å². The van der Waals surface area contributed by atoms with E-state index in [0.717, 1.165) is 19.5 Å². The lowest BCUT2D eigenvalue weighted by Crippen LogP contribution is -2.49. The Kier molecular flexibility index (Phi) is 5.40. The smallest absolute Gasteiger partial charge is 0.334 e. The third-order valence-electron chi connectivity index (χ3n) is 3.62. The van der Waals surface area contributed by atoms with E-state index in [0.29, 0.717) is 11.8 Å². The molecule has 2 amide bonds. The third kappa shape index (κ3) is 3.87. The zero-order valence-corrected chi connectivity index (χ0v) is 11.2. The van der Waals surface area contributed by atoms with E-state index in [-0.39, 0.29) is 12.6 Å². The van der Waals surface area contributed by atoms with Crippen molar-refractivity contribution in [2.45, 2.75) is 26.4 Å². The molecular formula is C12H22N2O4. The zero-order chi connectivity index (χ0) is 13.7. The van der Waals surface area contributed by atoms with Crippen LogP contribution in [0.15, 0.2) is 0 Å². The Morgan fingerprint density at radius 1 is 1.44 bits per heavy atom. The maximum absolute atomic E-state index is 11.9. The Morgan fingerprint density at radius 3 is 2.61 bits per heavy atom. The van der Waals surface area contributed by atoms with Crippen LogP contribution < -0.4 is 5.32 Å². The van der Waals surface area contributed by atoms with Crippen molar-refractivity contribution in [3.05, 3.63) is 0 Å². The molecule has 6 nitrogen and oxygen atoms in total. The minimum atomic E-state index is -1.07. The van der Waals surface area contributed by atoms with E-state index in [1.165, 1.54) is 7.11 Å². The van der Waals surface area contributed by atoms with Crippen molar-refractivity contribution >= 4 is 12.0 Å². The van der Waals surface area contributed by atoms with Gasteiger partial charge in [-0.05, 0) is 18.3 Å². The number of hydrogen-bond acceptors (Lipinski definition) is 3. The summed E-state index contributed by atoms with van der Waals surface area (Å²) in [5.41, 5.74) is 0. The molecule has 3 unspecified atom stereocenters. The molecule has 1 saturated heterocycles. The number of carboxylic acids is 1. The number of carbonyl (C=O) groups excluding carboxylic acids is 1. The van der Waals surface area contributed by atoms with E-state index >= 15 is 0 Å². The monoisotopic (exact) mass is 258 g/mol. The standard InChI is InChI=1S/C12H22N2O4/c1-8-4-5-14(7-9(8)2)12(17)13-6-10(18-3)11(15)16/h8-10H,4-7H2,1-3H3,(H,13,17)(H,15,16). The van der Waals surface area contributed by atoms with Crippen LogP contribution in [0.3, 0.4) is 0 Å². The second kappa shape index (κ2) is 6.58. The number of amides is 2. The molecule has 0 aromatic heterocycles. The van der Waals surface area contributed by atoms with Crippen LogP contribution in [0, 0.1) is 11.8 Å². The van der Waals surface area contributed by atoms with Crippen molar-refractivity contribution < 1.29 is 19.4 Å². The van der Waals surface area contributed by atoms with Crippen LogP contribution in [0.5, 0.6) is 0 Å². The highest BCUT2D eigenvalue weighted by molar-refractivity contribution is 5.77. The minimum Gasteiger partial charge on any atom is -0.479 e. The van der Waals surface area contributed by atoms with E-state index < -0.39 is 12.1 Å². The Labute approximate surface area is 107 Å². The van der Waals surface area contributed by atoms with Gasteiger partial charge in [0.1, 0.15) is 0 Å². The SMILES string of the molecule is COC(CNC(=O)N1CCC(C)C(C)C1)C(=O)O. The molecule has 0 aromatic rings. The first-order chi connectivity index (χ1) is 8.45. The van der Waals surface area contributed by atoms with Crippen LogP contribution in [0.4, 0.5) is 4.79 Å². The van der Waals surface area contributed by atoms with Gasteiger partial charge in [-0.2, -0.15) is 0 Å². The van der Waals surface area contributed by atoms with Gasteiger partial charge in [0, 0.05) is 20.2 Å². The number of nitrogens with one attached hydrogen (secondary N) is 1. The number of rotatable bonds is 4. The number of aliphatic carboxylic acids is 1. The van der Waals surface area contributed by atoms with Crippen LogP contribution >= 0.6 is 0 Å². The number of urea groups is 1. The molecular weight excluding hydrogens is 236 g/mol. The van der Waals surface area contributed by atoms with E-state index in [1.54, 1.807) is 4.90 Å². The molecule has 0 aromatic carbocycles. The van der Waals surface area contributed by atoms with Crippen molar-refractivity contribution in [1.29, 1.82) is 0 Å². The van der Waals surface area contributed by atoms with E-state index in [4.69, 9.17) is 9.84 Å². The van der Waals surface area contributed by atoms with Crippen molar-refractivity contribution in [3.63, 3.8) is 0 Å². The molecule has 3 atom stereocenters. The molecule has 18 heavy (non-hydrogen) atoms. The molecule has 1 aliphatic heterocycles. The van der Waals surface area contributed by atoms with Gasteiger partial charge in [-0.15, -0.1) is 0 Å². The molecule has 0 aliphatic carbocycles. The van der Waals surface area contributed by atoms with Crippen molar-refractivity contribution in [1.82, 2.24) is 10.2 Å². The molecule has 1 rings (SSSR count). The summed E-state index contributed by atoms with van der Waals surface area (Å²) in [6.45, 7) is 5.75. The summed E-state index contributed by atoms with van der Waals surface area (Å²) in [5.74, 6) is 0.0282. The van der Waals surface area contributed by atoms with Gasteiger partial charge in [-0.25, -0.2) is 9.59 Å². The quantitative estimate of drug-likeness (QED) is 0.780. The molecule has 0 spiro atoms. The normalized spacial score (nSPS) is 25.6. The van der Waals surface area contributed by atoms with Gasteiger partial charge in [0.2, 0.25) is 0 Å². The predicted molar refractivity (Wildman–Crippen MR) is 66.3 cm³/mol.